The summed E-state index contributed by atoms with van der Waals surface area (Å²) in [6.07, 6.45) is 4.29. The zero-order valence-electron chi connectivity index (χ0n) is 16.6. The number of piperidine rings is 1. The van der Waals surface area contributed by atoms with Crippen LogP contribution in [0, 0.1) is 5.92 Å². The first kappa shape index (κ1) is 18.6. The van der Waals surface area contributed by atoms with Gasteiger partial charge in [-0.25, -0.2) is 0 Å². The standard InChI is InChI=1S/C23H25N3O2S/c1-15-8-11-26(12-9-15)14-16-2-4-17(5-3-16)24-23(27)21-19-6-7-20-18(10-13-29-20)22(19)28-25-21/h2-5,10,13,15H,6-9,11-12,14H2,1H3,(H,24,27). The number of nitrogens with zero attached hydrogens (tertiary/aromatic N) is 2. The van der Waals surface area contributed by atoms with Crippen molar-refractivity contribution in [2.24, 2.45) is 5.92 Å². The van der Waals surface area contributed by atoms with Crippen LogP contribution in [0.1, 0.15) is 46.3 Å². The van der Waals surface area contributed by atoms with Crippen LogP contribution >= 0.6 is 11.3 Å². The summed E-state index contributed by atoms with van der Waals surface area (Å²) in [5, 5.41) is 9.12. The average molecular weight is 408 g/mol. The molecule has 1 saturated heterocycles. The van der Waals surface area contributed by atoms with Crippen molar-refractivity contribution in [1.29, 1.82) is 0 Å². The first-order chi connectivity index (χ1) is 14.2. The zero-order valence-corrected chi connectivity index (χ0v) is 17.4. The van der Waals surface area contributed by atoms with Crippen molar-refractivity contribution in [2.75, 3.05) is 18.4 Å². The highest BCUT2D eigenvalue weighted by Gasteiger charge is 2.28. The number of aryl methyl sites for hydroxylation is 1. The highest BCUT2D eigenvalue weighted by atomic mass is 32.1. The van der Waals surface area contributed by atoms with E-state index in [4.69, 9.17) is 4.52 Å². The Hall–Kier alpha value is -2.44. The Labute approximate surface area is 174 Å². The Morgan fingerprint density at radius 3 is 2.79 bits per heavy atom. The normalized spacial score (nSPS) is 17.0. The minimum Gasteiger partial charge on any atom is -0.355 e. The van der Waals surface area contributed by atoms with E-state index in [9.17, 15) is 4.79 Å². The van der Waals surface area contributed by atoms with Crippen LogP contribution in [0.5, 0.6) is 0 Å². The van der Waals surface area contributed by atoms with Crippen molar-refractivity contribution < 1.29 is 9.32 Å². The number of hydrogen-bond donors (Lipinski definition) is 1. The van der Waals surface area contributed by atoms with Gasteiger partial charge in [0, 0.05) is 28.2 Å². The maximum absolute atomic E-state index is 12.8. The molecular weight excluding hydrogens is 382 g/mol. The molecule has 5 rings (SSSR count). The highest BCUT2D eigenvalue weighted by Crippen LogP contribution is 2.38. The summed E-state index contributed by atoms with van der Waals surface area (Å²) in [4.78, 5) is 16.6. The van der Waals surface area contributed by atoms with Gasteiger partial charge in [-0.1, -0.05) is 24.2 Å². The summed E-state index contributed by atoms with van der Waals surface area (Å²) in [5.41, 5.74) is 4.48. The van der Waals surface area contributed by atoms with Gasteiger partial charge in [0.25, 0.3) is 5.91 Å². The minimum atomic E-state index is -0.202. The first-order valence-corrected chi connectivity index (χ1v) is 11.2. The fourth-order valence-electron chi connectivity index (χ4n) is 4.27. The number of carbonyl (C=O) groups excluding carboxylic acids is 1. The summed E-state index contributed by atoms with van der Waals surface area (Å²) in [5.74, 6) is 1.40. The third-order valence-corrected chi connectivity index (χ3v) is 7.07. The number of amides is 1. The van der Waals surface area contributed by atoms with E-state index in [2.05, 4.69) is 39.8 Å². The van der Waals surface area contributed by atoms with Gasteiger partial charge in [-0.3, -0.25) is 9.69 Å². The summed E-state index contributed by atoms with van der Waals surface area (Å²) >= 11 is 1.73. The molecule has 2 aliphatic rings. The van der Waals surface area contributed by atoms with Crippen LogP contribution in [-0.2, 0) is 19.4 Å². The van der Waals surface area contributed by atoms with Gasteiger partial charge in [0.15, 0.2) is 11.5 Å². The zero-order chi connectivity index (χ0) is 19.8. The highest BCUT2D eigenvalue weighted by molar-refractivity contribution is 7.10. The molecule has 2 aromatic heterocycles. The van der Waals surface area contributed by atoms with E-state index in [-0.39, 0.29) is 5.91 Å². The van der Waals surface area contributed by atoms with Crippen LogP contribution in [-0.4, -0.2) is 29.1 Å². The lowest BCUT2D eigenvalue weighted by Crippen LogP contribution is -2.32. The average Bonchev–Trinajstić information content (AvgIpc) is 3.37. The minimum absolute atomic E-state index is 0.202. The van der Waals surface area contributed by atoms with E-state index in [1.165, 1.54) is 36.4 Å². The maximum Gasteiger partial charge on any atom is 0.278 e. The first-order valence-electron chi connectivity index (χ1n) is 10.4. The van der Waals surface area contributed by atoms with Gasteiger partial charge in [0.1, 0.15) is 0 Å². The number of benzene rings is 1. The van der Waals surface area contributed by atoms with Crippen molar-refractivity contribution in [3.8, 4) is 11.3 Å². The Morgan fingerprint density at radius 1 is 1.21 bits per heavy atom. The molecule has 1 aliphatic heterocycles. The van der Waals surface area contributed by atoms with Crippen LogP contribution in [0.15, 0.2) is 40.2 Å². The molecule has 150 valence electrons. The van der Waals surface area contributed by atoms with Crippen molar-refractivity contribution >= 4 is 22.9 Å². The molecule has 0 spiro atoms. The monoisotopic (exact) mass is 407 g/mol. The summed E-state index contributed by atoms with van der Waals surface area (Å²) in [6, 6.07) is 10.2. The van der Waals surface area contributed by atoms with Crippen LogP contribution in [0.3, 0.4) is 0 Å². The van der Waals surface area contributed by atoms with Crippen molar-refractivity contribution in [3.05, 3.63) is 57.4 Å². The SMILES string of the molecule is CC1CCN(Cc2ccc(NC(=O)c3noc4c3CCc3sccc3-4)cc2)CC1. The van der Waals surface area contributed by atoms with Crippen LogP contribution in [0.25, 0.3) is 11.3 Å². The second kappa shape index (κ2) is 7.76. The van der Waals surface area contributed by atoms with E-state index in [1.807, 2.05) is 18.2 Å². The molecule has 5 nitrogen and oxygen atoms in total. The molecule has 1 amide bonds. The number of likely N-dealkylation sites (tertiary alicyclic amines) is 1. The van der Waals surface area contributed by atoms with E-state index in [0.717, 1.165) is 47.9 Å². The quantitative estimate of drug-likeness (QED) is 0.662. The second-order valence-corrected chi connectivity index (χ2v) is 9.21. The largest absolute Gasteiger partial charge is 0.355 e. The van der Waals surface area contributed by atoms with Gasteiger partial charge < -0.3 is 9.84 Å². The molecule has 1 aliphatic carbocycles. The van der Waals surface area contributed by atoms with Crippen molar-refractivity contribution in [1.82, 2.24) is 10.1 Å². The number of fused-ring (bicyclic) bond motifs is 3. The van der Waals surface area contributed by atoms with E-state index in [1.54, 1.807) is 11.3 Å². The summed E-state index contributed by atoms with van der Waals surface area (Å²) < 4.78 is 5.53. The molecule has 6 heteroatoms. The third-order valence-electron chi connectivity index (χ3n) is 6.09. The molecular formula is C23H25N3O2S. The van der Waals surface area contributed by atoms with Gasteiger partial charge in [-0.2, -0.15) is 0 Å². The number of aromatic nitrogens is 1. The predicted molar refractivity (Wildman–Crippen MR) is 115 cm³/mol. The molecule has 0 unspecified atom stereocenters. The fourth-order valence-corrected chi connectivity index (χ4v) is 5.14. The molecule has 1 N–H and O–H groups in total. The number of anilines is 1. The number of thiophene rings is 1. The number of nitrogens with one attached hydrogen (secondary N) is 1. The van der Waals surface area contributed by atoms with E-state index < -0.39 is 0 Å². The molecule has 3 aromatic rings. The molecule has 29 heavy (non-hydrogen) atoms. The molecule has 0 saturated carbocycles. The Balaban J connectivity index is 1.25. The summed E-state index contributed by atoms with van der Waals surface area (Å²) in [6.45, 7) is 5.65. The van der Waals surface area contributed by atoms with Crippen LogP contribution in [0.4, 0.5) is 5.69 Å². The number of hydrogen-bond acceptors (Lipinski definition) is 5. The van der Waals surface area contributed by atoms with Gasteiger partial charge in [0.05, 0.1) is 0 Å². The lowest BCUT2D eigenvalue weighted by molar-refractivity contribution is 0.101. The summed E-state index contributed by atoms with van der Waals surface area (Å²) in [7, 11) is 0. The molecule has 3 heterocycles. The number of rotatable bonds is 4. The lowest BCUT2D eigenvalue weighted by atomic mass is 9.95. The van der Waals surface area contributed by atoms with Crippen molar-refractivity contribution in [3.63, 3.8) is 0 Å². The molecule has 0 atom stereocenters. The van der Waals surface area contributed by atoms with Crippen molar-refractivity contribution in [2.45, 2.75) is 39.2 Å². The molecule has 1 fully saturated rings. The molecule has 0 bridgehead atoms. The van der Waals surface area contributed by atoms with Crippen LogP contribution < -0.4 is 5.32 Å². The third kappa shape index (κ3) is 3.74. The van der Waals surface area contributed by atoms with E-state index >= 15 is 0 Å². The van der Waals surface area contributed by atoms with Gasteiger partial charge >= 0.3 is 0 Å². The second-order valence-electron chi connectivity index (χ2n) is 8.21. The van der Waals surface area contributed by atoms with Gasteiger partial charge in [-0.05, 0) is 73.8 Å². The van der Waals surface area contributed by atoms with E-state index in [0.29, 0.717) is 5.69 Å². The van der Waals surface area contributed by atoms with Gasteiger partial charge in [0.2, 0.25) is 0 Å². The lowest BCUT2D eigenvalue weighted by Gasteiger charge is -2.30. The predicted octanol–water partition coefficient (Wildman–Crippen LogP) is 4.99. The smallest absolute Gasteiger partial charge is 0.278 e. The topological polar surface area (TPSA) is 58.4 Å². The Bertz CT molecular complexity index is 1010. The maximum atomic E-state index is 12.8. The number of carbonyl (C=O) groups is 1. The van der Waals surface area contributed by atoms with Crippen LogP contribution in [0.2, 0.25) is 0 Å². The van der Waals surface area contributed by atoms with Gasteiger partial charge in [-0.15, -0.1) is 11.3 Å². The molecule has 0 radical (unpaired) electrons. The Kier molecular flexibility index (Phi) is 4.97. The molecule has 1 aromatic carbocycles. The Morgan fingerprint density at radius 2 is 2.00 bits per heavy atom. The fraction of sp³-hybridized carbons (Fsp3) is 0.391.